The molecule has 0 spiro atoms. The zero-order chi connectivity index (χ0) is 15.6. The molecule has 0 aliphatic heterocycles. The molecule has 2 N–H and O–H groups in total. The molecular weight excluding hydrogens is 296 g/mol. The van der Waals surface area contributed by atoms with Crippen LogP contribution in [-0.4, -0.2) is 27.4 Å². The highest BCUT2D eigenvalue weighted by Gasteiger charge is 2.42. The minimum atomic E-state index is -0.922. The highest BCUT2D eigenvalue weighted by molar-refractivity contribution is 7.17. The molecule has 21 heavy (non-hydrogen) atoms. The highest BCUT2D eigenvalue weighted by Crippen LogP contribution is 2.34. The van der Waals surface area contributed by atoms with E-state index in [1.54, 1.807) is 6.92 Å². The Kier molecular flexibility index (Phi) is 4.26. The summed E-state index contributed by atoms with van der Waals surface area (Å²) in [7, 11) is 0. The highest BCUT2D eigenvalue weighted by atomic mass is 32.1. The molecule has 2 atom stereocenters. The number of amides is 1. The van der Waals surface area contributed by atoms with Gasteiger partial charge in [0.1, 0.15) is 0 Å². The van der Waals surface area contributed by atoms with Gasteiger partial charge in [0.2, 0.25) is 0 Å². The number of carboxylic acid groups (broad SMARTS) is 1. The van der Waals surface area contributed by atoms with Crippen LogP contribution in [0.2, 0.25) is 0 Å². The molecule has 1 aliphatic rings. The monoisotopic (exact) mass is 312 g/mol. The van der Waals surface area contributed by atoms with E-state index in [4.69, 9.17) is 0 Å². The molecule has 8 heteroatoms. The third kappa shape index (κ3) is 3.21. The number of thiophene rings is 1. The Labute approximate surface area is 125 Å². The second kappa shape index (κ2) is 5.80. The molecule has 0 saturated heterocycles. The second-order valence-corrected chi connectivity index (χ2v) is 6.47. The molecule has 1 aliphatic carbocycles. The van der Waals surface area contributed by atoms with E-state index in [2.05, 4.69) is 5.32 Å². The van der Waals surface area contributed by atoms with Gasteiger partial charge in [0.15, 0.2) is 0 Å². The fraction of sp³-hybridized carbons (Fsp3) is 0.538. The molecule has 114 valence electrons. The summed E-state index contributed by atoms with van der Waals surface area (Å²) in [6.07, 6.45) is 2.79. The predicted octanol–water partition coefficient (Wildman–Crippen LogP) is 2.42. The molecule has 1 aromatic heterocycles. The molecule has 2 unspecified atom stereocenters. The number of carbonyl (C=O) groups excluding carboxylic acids is 1. The third-order valence-electron chi connectivity index (χ3n) is 3.90. The van der Waals surface area contributed by atoms with Gasteiger partial charge in [-0.1, -0.05) is 24.2 Å². The molecule has 2 rings (SSSR count). The maximum Gasteiger partial charge on any atom is 0.324 e. The SMILES string of the molecule is CC1(NC(=O)c2ccc([N+](=O)[O-])s2)CCCCC1C(=O)O. The first kappa shape index (κ1) is 15.4. The Hall–Kier alpha value is -1.96. The van der Waals surface area contributed by atoms with Crippen LogP contribution < -0.4 is 5.32 Å². The first-order valence-electron chi connectivity index (χ1n) is 6.63. The van der Waals surface area contributed by atoms with Crippen molar-refractivity contribution in [2.24, 2.45) is 5.92 Å². The quantitative estimate of drug-likeness (QED) is 0.655. The van der Waals surface area contributed by atoms with Crippen molar-refractivity contribution in [1.82, 2.24) is 5.32 Å². The summed E-state index contributed by atoms with van der Waals surface area (Å²) in [4.78, 5) is 33.9. The van der Waals surface area contributed by atoms with Crippen molar-refractivity contribution >= 4 is 28.2 Å². The summed E-state index contributed by atoms with van der Waals surface area (Å²) < 4.78 is 0. The van der Waals surface area contributed by atoms with Crippen molar-refractivity contribution in [3.8, 4) is 0 Å². The summed E-state index contributed by atoms with van der Waals surface area (Å²) in [6.45, 7) is 1.73. The molecule has 0 radical (unpaired) electrons. The number of hydrogen-bond acceptors (Lipinski definition) is 5. The normalized spacial score (nSPS) is 25.3. The Morgan fingerprint density at radius 3 is 2.76 bits per heavy atom. The minimum Gasteiger partial charge on any atom is -0.481 e. The van der Waals surface area contributed by atoms with Gasteiger partial charge >= 0.3 is 11.0 Å². The Morgan fingerprint density at radius 2 is 2.19 bits per heavy atom. The maximum atomic E-state index is 12.2. The fourth-order valence-electron chi connectivity index (χ4n) is 2.75. The Morgan fingerprint density at radius 1 is 1.48 bits per heavy atom. The van der Waals surface area contributed by atoms with E-state index < -0.39 is 28.3 Å². The van der Waals surface area contributed by atoms with Gasteiger partial charge in [-0.05, 0) is 25.8 Å². The van der Waals surface area contributed by atoms with Crippen LogP contribution >= 0.6 is 11.3 Å². The van der Waals surface area contributed by atoms with Gasteiger partial charge in [0, 0.05) is 6.07 Å². The number of carbonyl (C=O) groups is 2. The van der Waals surface area contributed by atoms with Gasteiger partial charge in [0.05, 0.1) is 21.3 Å². The summed E-state index contributed by atoms with van der Waals surface area (Å²) in [5.74, 6) is -2.01. The summed E-state index contributed by atoms with van der Waals surface area (Å²) >= 11 is 0.787. The van der Waals surface area contributed by atoms with Crippen molar-refractivity contribution in [3.63, 3.8) is 0 Å². The van der Waals surface area contributed by atoms with Crippen LogP contribution in [0, 0.1) is 16.0 Å². The van der Waals surface area contributed by atoms with Crippen LogP contribution in [0.25, 0.3) is 0 Å². The van der Waals surface area contributed by atoms with Crippen LogP contribution in [0.1, 0.15) is 42.3 Å². The summed E-state index contributed by atoms with van der Waals surface area (Å²) in [6, 6.07) is 2.66. The number of nitrogens with one attached hydrogen (secondary N) is 1. The average Bonchev–Trinajstić information content (AvgIpc) is 2.88. The molecule has 1 heterocycles. The summed E-state index contributed by atoms with van der Waals surface area (Å²) in [5, 5.41) is 22.6. The minimum absolute atomic E-state index is 0.108. The van der Waals surface area contributed by atoms with Crippen molar-refractivity contribution in [1.29, 1.82) is 0 Å². The van der Waals surface area contributed by atoms with E-state index in [1.807, 2.05) is 0 Å². The molecule has 0 bridgehead atoms. The number of rotatable bonds is 4. The standard InChI is InChI=1S/C13H16N2O5S/c1-13(7-3-2-4-8(13)12(17)18)14-11(16)9-5-6-10(21-9)15(19)20/h5-6,8H,2-4,7H2,1H3,(H,14,16)(H,17,18). The first-order valence-corrected chi connectivity index (χ1v) is 7.45. The van der Waals surface area contributed by atoms with Gasteiger partial charge in [-0.15, -0.1) is 0 Å². The van der Waals surface area contributed by atoms with E-state index in [1.165, 1.54) is 12.1 Å². The first-order chi connectivity index (χ1) is 9.83. The lowest BCUT2D eigenvalue weighted by molar-refractivity contribution is -0.380. The second-order valence-electron chi connectivity index (χ2n) is 5.40. The molecule has 1 fully saturated rings. The fourth-order valence-corrected chi connectivity index (χ4v) is 3.46. The lowest BCUT2D eigenvalue weighted by atomic mass is 9.74. The molecule has 0 aromatic carbocycles. The van der Waals surface area contributed by atoms with E-state index in [9.17, 15) is 24.8 Å². The smallest absolute Gasteiger partial charge is 0.324 e. The average molecular weight is 312 g/mol. The van der Waals surface area contributed by atoms with Crippen LogP contribution in [-0.2, 0) is 4.79 Å². The van der Waals surface area contributed by atoms with E-state index >= 15 is 0 Å². The van der Waals surface area contributed by atoms with Crippen LogP contribution in [0.15, 0.2) is 12.1 Å². The number of nitro groups is 1. The van der Waals surface area contributed by atoms with Crippen molar-refractivity contribution < 1.29 is 19.6 Å². The zero-order valence-electron chi connectivity index (χ0n) is 11.5. The van der Waals surface area contributed by atoms with Gasteiger partial charge in [-0.3, -0.25) is 19.7 Å². The summed E-state index contributed by atoms with van der Waals surface area (Å²) in [5.41, 5.74) is -0.820. The Bertz CT molecular complexity index is 585. The number of carboxylic acids is 1. The van der Waals surface area contributed by atoms with Crippen LogP contribution in [0.4, 0.5) is 5.00 Å². The molecule has 1 amide bonds. The maximum absolute atomic E-state index is 12.2. The lowest BCUT2D eigenvalue weighted by Crippen LogP contribution is -2.55. The van der Waals surface area contributed by atoms with Crippen LogP contribution in [0.3, 0.4) is 0 Å². The molecule has 1 saturated carbocycles. The van der Waals surface area contributed by atoms with Gasteiger partial charge in [0.25, 0.3) is 5.91 Å². The Balaban J connectivity index is 2.15. The number of hydrogen-bond donors (Lipinski definition) is 2. The van der Waals surface area contributed by atoms with E-state index in [0.29, 0.717) is 12.8 Å². The molecular formula is C13H16N2O5S. The largest absolute Gasteiger partial charge is 0.481 e. The van der Waals surface area contributed by atoms with Crippen molar-refractivity contribution in [2.75, 3.05) is 0 Å². The zero-order valence-corrected chi connectivity index (χ0v) is 12.3. The number of aliphatic carboxylic acids is 1. The van der Waals surface area contributed by atoms with E-state index in [-0.39, 0.29) is 9.88 Å². The third-order valence-corrected chi connectivity index (χ3v) is 4.94. The molecule has 1 aromatic rings. The van der Waals surface area contributed by atoms with E-state index in [0.717, 1.165) is 24.2 Å². The van der Waals surface area contributed by atoms with Crippen molar-refractivity contribution in [3.05, 3.63) is 27.1 Å². The topological polar surface area (TPSA) is 110 Å². The predicted molar refractivity (Wildman–Crippen MR) is 76.4 cm³/mol. The van der Waals surface area contributed by atoms with Gasteiger partial charge in [-0.2, -0.15) is 0 Å². The number of nitrogens with zero attached hydrogens (tertiary/aromatic N) is 1. The van der Waals surface area contributed by atoms with Crippen LogP contribution in [0.5, 0.6) is 0 Å². The lowest BCUT2D eigenvalue weighted by Gasteiger charge is -2.39. The van der Waals surface area contributed by atoms with Gasteiger partial charge in [-0.25, -0.2) is 0 Å². The molecule has 7 nitrogen and oxygen atoms in total. The van der Waals surface area contributed by atoms with Crippen molar-refractivity contribution in [2.45, 2.75) is 38.1 Å². The van der Waals surface area contributed by atoms with Gasteiger partial charge < -0.3 is 10.4 Å².